The fraction of sp³-hybridized carbons (Fsp3) is 0.571. The fourth-order valence-corrected chi connectivity index (χ4v) is 4.74. The number of nitrogens with two attached hydrogens (primary N) is 1. The number of rotatable bonds is 4. The van der Waals surface area contributed by atoms with Crippen molar-refractivity contribution in [3.63, 3.8) is 0 Å². The highest BCUT2D eigenvalue weighted by Gasteiger charge is 2.37. The lowest BCUT2D eigenvalue weighted by Crippen LogP contribution is -2.34. The first-order valence-electron chi connectivity index (χ1n) is 6.79. The molecule has 1 heterocycles. The number of benzene rings is 1. The molecule has 20 heavy (non-hydrogen) atoms. The molecule has 2 atom stereocenters. The Balaban J connectivity index is 2.48. The van der Waals surface area contributed by atoms with Crippen LogP contribution in [0.4, 0.5) is 0 Å². The second kappa shape index (κ2) is 5.71. The van der Waals surface area contributed by atoms with E-state index in [0.29, 0.717) is 24.8 Å². The number of ether oxygens (including phenoxy) is 1. The zero-order valence-electron chi connectivity index (χ0n) is 12.2. The molecular weight excluding hydrogens is 276 g/mol. The fourth-order valence-electron chi connectivity index (χ4n) is 2.77. The maximum absolute atomic E-state index is 12.8. The normalized spacial score (nSPS) is 24.0. The molecule has 0 saturated carbocycles. The highest BCUT2D eigenvalue weighted by atomic mass is 32.2. The minimum Gasteiger partial charge on any atom is -0.495 e. The Labute approximate surface area is 120 Å². The van der Waals surface area contributed by atoms with Crippen LogP contribution in [-0.4, -0.2) is 32.4 Å². The van der Waals surface area contributed by atoms with E-state index >= 15 is 0 Å². The summed E-state index contributed by atoms with van der Waals surface area (Å²) in [6, 6.07) is 5.08. The third kappa shape index (κ3) is 2.68. The van der Waals surface area contributed by atoms with Crippen molar-refractivity contribution in [1.29, 1.82) is 0 Å². The standard InChI is InChI=1S/C14H22N2O3S/c1-10-6-11(2)16(9-10)20(17,18)14-7-12(8-15)4-5-13(14)19-3/h4-5,7,10-11H,6,8-9,15H2,1-3H3. The first kappa shape index (κ1) is 15.3. The number of hydrogen-bond acceptors (Lipinski definition) is 4. The van der Waals surface area contributed by atoms with Gasteiger partial charge >= 0.3 is 0 Å². The topological polar surface area (TPSA) is 72.6 Å². The summed E-state index contributed by atoms with van der Waals surface area (Å²) in [5.74, 6) is 0.748. The summed E-state index contributed by atoms with van der Waals surface area (Å²) < 4.78 is 32.5. The summed E-state index contributed by atoms with van der Waals surface area (Å²) in [7, 11) is -2.06. The summed E-state index contributed by atoms with van der Waals surface area (Å²) in [5, 5.41) is 0. The van der Waals surface area contributed by atoms with Gasteiger partial charge < -0.3 is 10.5 Å². The summed E-state index contributed by atoms with van der Waals surface area (Å²) in [6.45, 7) is 4.87. The number of nitrogens with zero attached hydrogens (tertiary/aromatic N) is 1. The molecule has 0 spiro atoms. The quantitative estimate of drug-likeness (QED) is 0.916. The van der Waals surface area contributed by atoms with Gasteiger partial charge in [0.05, 0.1) is 7.11 Å². The molecule has 0 aliphatic carbocycles. The molecule has 2 N–H and O–H groups in total. The van der Waals surface area contributed by atoms with Gasteiger partial charge in [-0.1, -0.05) is 13.0 Å². The van der Waals surface area contributed by atoms with Crippen LogP contribution in [0.3, 0.4) is 0 Å². The van der Waals surface area contributed by atoms with Crippen LogP contribution in [0.25, 0.3) is 0 Å². The molecule has 0 amide bonds. The molecule has 1 aliphatic heterocycles. The van der Waals surface area contributed by atoms with Gasteiger partial charge in [0, 0.05) is 19.1 Å². The Morgan fingerprint density at radius 3 is 2.60 bits per heavy atom. The number of hydrogen-bond donors (Lipinski definition) is 1. The largest absolute Gasteiger partial charge is 0.495 e. The Bertz CT molecular complexity index is 586. The monoisotopic (exact) mass is 298 g/mol. The molecule has 0 bridgehead atoms. The lowest BCUT2D eigenvalue weighted by Gasteiger charge is -2.22. The summed E-state index contributed by atoms with van der Waals surface area (Å²) >= 11 is 0. The maximum atomic E-state index is 12.8. The molecule has 1 saturated heterocycles. The van der Waals surface area contributed by atoms with Crippen LogP contribution in [0.2, 0.25) is 0 Å². The maximum Gasteiger partial charge on any atom is 0.247 e. The lowest BCUT2D eigenvalue weighted by molar-refractivity contribution is 0.385. The molecular formula is C14H22N2O3S. The predicted molar refractivity (Wildman–Crippen MR) is 78.0 cm³/mol. The average molecular weight is 298 g/mol. The first-order valence-corrected chi connectivity index (χ1v) is 8.23. The molecule has 0 radical (unpaired) electrons. The molecule has 1 aromatic carbocycles. The van der Waals surface area contributed by atoms with E-state index < -0.39 is 10.0 Å². The van der Waals surface area contributed by atoms with Gasteiger partial charge in [-0.05, 0) is 37.0 Å². The highest BCUT2D eigenvalue weighted by Crippen LogP contribution is 2.33. The van der Waals surface area contributed by atoms with Gasteiger partial charge in [-0.3, -0.25) is 0 Å². The third-order valence-corrected chi connectivity index (χ3v) is 5.78. The highest BCUT2D eigenvalue weighted by molar-refractivity contribution is 7.89. The SMILES string of the molecule is COc1ccc(CN)cc1S(=O)(=O)N1CC(C)CC1C. The van der Waals surface area contributed by atoms with E-state index in [1.807, 2.05) is 6.92 Å². The predicted octanol–water partition coefficient (Wildman–Crippen LogP) is 1.57. The Kier molecular flexibility index (Phi) is 4.36. The van der Waals surface area contributed by atoms with Gasteiger partial charge in [-0.2, -0.15) is 4.31 Å². The summed E-state index contributed by atoms with van der Waals surface area (Å²) in [6.07, 6.45) is 0.887. The van der Waals surface area contributed by atoms with Gasteiger partial charge in [-0.15, -0.1) is 0 Å². The third-order valence-electron chi connectivity index (χ3n) is 3.78. The van der Waals surface area contributed by atoms with Gasteiger partial charge in [0.1, 0.15) is 10.6 Å². The number of sulfonamides is 1. The van der Waals surface area contributed by atoms with Crippen molar-refractivity contribution < 1.29 is 13.2 Å². The Morgan fingerprint density at radius 1 is 1.40 bits per heavy atom. The lowest BCUT2D eigenvalue weighted by atomic mass is 10.1. The molecule has 5 nitrogen and oxygen atoms in total. The smallest absolute Gasteiger partial charge is 0.247 e. The van der Waals surface area contributed by atoms with Gasteiger partial charge in [0.2, 0.25) is 10.0 Å². The van der Waals surface area contributed by atoms with Crippen LogP contribution in [0.5, 0.6) is 5.75 Å². The van der Waals surface area contributed by atoms with Gasteiger partial charge in [-0.25, -0.2) is 8.42 Å². The van der Waals surface area contributed by atoms with E-state index in [0.717, 1.165) is 12.0 Å². The zero-order valence-corrected chi connectivity index (χ0v) is 13.0. The van der Waals surface area contributed by atoms with Crippen LogP contribution in [0.1, 0.15) is 25.8 Å². The average Bonchev–Trinajstić information content (AvgIpc) is 2.77. The van der Waals surface area contributed by atoms with E-state index in [1.165, 1.54) is 7.11 Å². The van der Waals surface area contributed by atoms with E-state index in [9.17, 15) is 8.42 Å². The molecule has 1 aliphatic rings. The van der Waals surface area contributed by atoms with Crippen LogP contribution in [-0.2, 0) is 16.6 Å². The van der Waals surface area contributed by atoms with E-state index in [4.69, 9.17) is 10.5 Å². The van der Waals surface area contributed by atoms with Crippen molar-refractivity contribution in [2.24, 2.45) is 11.7 Å². The van der Waals surface area contributed by atoms with Crippen LogP contribution in [0, 0.1) is 5.92 Å². The minimum absolute atomic E-state index is 0.0150. The zero-order chi connectivity index (χ0) is 14.9. The summed E-state index contributed by atoms with van der Waals surface area (Å²) in [4.78, 5) is 0.212. The van der Waals surface area contributed by atoms with Crippen molar-refractivity contribution in [2.75, 3.05) is 13.7 Å². The van der Waals surface area contributed by atoms with Crippen LogP contribution < -0.4 is 10.5 Å². The molecule has 1 aromatic rings. The molecule has 2 unspecified atom stereocenters. The van der Waals surface area contributed by atoms with E-state index in [-0.39, 0.29) is 10.9 Å². The first-order chi connectivity index (χ1) is 9.40. The number of methoxy groups -OCH3 is 1. The van der Waals surface area contributed by atoms with Crippen molar-refractivity contribution >= 4 is 10.0 Å². The molecule has 1 fully saturated rings. The molecule has 112 valence electrons. The van der Waals surface area contributed by atoms with E-state index in [1.54, 1.807) is 22.5 Å². The van der Waals surface area contributed by atoms with Gasteiger partial charge in [0.15, 0.2) is 0 Å². The molecule has 0 aromatic heterocycles. The molecule has 2 rings (SSSR count). The Hall–Kier alpha value is -1.11. The van der Waals surface area contributed by atoms with Gasteiger partial charge in [0.25, 0.3) is 0 Å². The Morgan fingerprint density at radius 2 is 2.10 bits per heavy atom. The van der Waals surface area contributed by atoms with Crippen molar-refractivity contribution in [2.45, 2.75) is 37.8 Å². The van der Waals surface area contributed by atoms with Crippen molar-refractivity contribution in [3.05, 3.63) is 23.8 Å². The minimum atomic E-state index is -3.54. The summed E-state index contributed by atoms with van der Waals surface area (Å²) in [5.41, 5.74) is 6.39. The van der Waals surface area contributed by atoms with Crippen LogP contribution in [0.15, 0.2) is 23.1 Å². The van der Waals surface area contributed by atoms with E-state index in [2.05, 4.69) is 6.92 Å². The molecule has 6 heteroatoms. The van der Waals surface area contributed by atoms with Crippen LogP contribution >= 0.6 is 0 Å². The van der Waals surface area contributed by atoms with Crippen molar-refractivity contribution in [1.82, 2.24) is 4.31 Å². The second-order valence-corrected chi connectivity index (χ2v) is 7.31. The van der Waals surface area contributed by atoms with Crippen molar-refractivity contribution in [3.8, 4) is 5.75 Å². The second-order valence-electron chi connectivity index (χ2n) is 5.45.